The molecule has 2 aromatic carbocycles. The number of hydrogen-bond donors (Lipinski definition) is 1. The van der Waals surface area contributed by atoms with Gasteiger partial charge in [0.25, 0.3) is 0 Å². The van der Waals surface area contributed by atoms with Crippen LogP contribution in [0.4, 0.5) is 0 Å². The Hall–Kier alpha value is -3.04. The highest BCUT2D eigenvalue weighted by molar-refractivity contribution is 7.89. The maximum atomic E-state index is 13.1. The van der Waals surface area contributed by atoms with E-state index in [2.05, 4.69) is 4.98 Å². The molecule has 172 valence electrons. The topological polar surface area (TPSA) is 105 Å². The van der Waals surface area contributed by atoms with Crippen molar-refractivity contribution in [2.75, 3.05) is 13.1 Å². The van der Waals surface area contributed by atoms with Gasteiger partial charge < -0.3 is 4.57 Å². The summed E-state index contributed by atoms with van der Waals surface area (Å²) in [5.41, 5.74) is 4.07. The van der Waals surface area contributed by atoms with Crippen LogP contribution in [0.3, 0.4) is 0 Å². The van der Waals surface area contributed by atoms with E-state index in [-0.39, 0.29) is 22.6 Å². The van der Waals surface area contributed by atoms with Crippen molar-refractivity contribution in [3.05, 3.63) is 88.4 Å². The molecule has 3 aromatic rings. The number of nitrogens with zero attached hydrogens (tertiary/aromatic N) is 4. The van der Waals surface area contributed by atoms with Crippen LogP contribution in [-0.4, -0.2) is 42.1 Å². The van der Waals surface area contributed by atoms with Crippen LogP contribution in [0.15, 0.2) is 67.1 Å². The number of rotatable bonds is 7. The van der Waals surface area contributed by atoms with Crippen LogP contribution in [0, 0.1) is 20.8 Å². The fraction of sp³-hybridized carbons (Fsp3) is 0.375. The SMILES string of the molecule is N=S(=O)(Cc1ccccc1)N1CCC(C(CC2c3ccccc3-c3cncn32)[N+](=O)[O-])CC1. The molecule has 33 heavy (non-hydrogen) atoms. The first-order valence-corrected chi connectivity index (χ1v) is 12.9. The van der Waals surface area contributed by atoms with E-state index < -0.39 is 16.0 Å². The van der Waals surface area contributed by atoms with E-state index in [0.29, 0.717) is 32.4 Å². The van der Waals surface area contributed by atoms with Gasteiger partial charge in [0.05, 0.1) is 30.0 Å². The largest absolute Gasteiger partial charge is 0.323 e. The Morgan fingerprint density at radius 1 is 1.12 bits per heavy atom. The van der Waals surface area contributed by atoms with Gasteiger partial charge in [-0.2, -0.15) is 0 Å². The standard InChI is InChI=1S/C24H27N5O3S/c25-33(32,16-18-6-2-1-3-7-18)27-12-10-19(11-13-27)22(29(30)31)14-23-20-8-4-5-9-21(20)24-15-26-17-28(23)24/h1-9,15,17,19,22-23,25H,10-14,16H2. The summed E-state index contributed by atoms with van der Waals surface area (Å²) in [6.07, 6.45) is 5.12. The lowest BCUT2D eigenvalue weighted by Gasteiger charge is -2.34. The zero-order chi connectivity index (χ0) is 23.0. The zero-order valence-electron chi connectivity index (χ0n) is 18.2. The lowest BCUT2D eigenvalue weighted by Crippen LogP contribution is -2.43. The summed E-state index contributed by atoms with van der Waals surface area (Å²) in [6.45, 7) is 0.892. The van der Waals surface area contributed by atoms with Crippen molar-refractivity contribution in [1.29, 1.82) is 4.78 Å². The van der Waals surface area contributed by atoms with Gasteiger partial charge >= 0.3 is 0 Å². The molecule has 0 spiro atoms. The van der Waals surface area contributed by atoms with Gasteiger partial charge in [-0.25, -0.2) is 18.3 Å². The Kier molecular flexibility index (Phi) is 5.76. The zero-order valence-corrected chi connectivity index (χ0v) is 19.1. The van der Waals surface area contributed by atoms with Crippen molar-refractivity contribution in [3.8, 4) is 11.3 Å². The second-order valence-corrected chi connectivity index (χ2v) is 11.0. The third kappa shape index (κ3) is 4.18. The molecule has 0 saturated carbocycles. The maximum absolute atomic E-state index is 13.1. The van der Waals surface area contributed by atoms with Gasteiger partial charge in [0, 0.05) is 35.9 Å². The van der Waals surface area contributed by atoms with Gasteiger partial charge in [0.2, 0.25) is 6.04 Å². The van der Waals surface area contributed by atoms with Crippen molar-refractivity contribution in [3.63, 3.8) is 0 Å². The summed E-state index contributed by atoms with van der Waals surface area (Å²) in [7, 11) is -2.95. The van der Waals surface area contributed by atoms with Crippen LogP contribution < -0.4 is 0 Å². The summed E-state index contributed by atoms with van der Waals surface area (Å²) in [6, 6.07) is 16.7. The average Bonchev–Trinajstić information content (AvgIpc) is 3.40. The molecule has 0 amide bonds. The minimum absolute atomic E-state index is 0.106. The van der Waals surface area contributed by atoms with Gasteiger partial charge in [-0.1, -0.05) is 54.6 Å². The van der Waals surface area contributed by atoms with Crippen LogP contribution >= 0.6 is 0 Å². The molecule has 1 saturated heterocycles. The Morgan fingerprint density at radius 2 is 1.82 bits per heavy atom. The van der Waals surface area contributed by atoms with Gasteiger partial charge in [0.1, 0.15) is 9.92 Å². The van der Waals surface area contributed by atoms with E-state index in [0.717, 1.165) is 22.4 Å². The molecule has 1 N–H and O–H groups in total. The van der Waals surface area contributed by atoms with Gasteiger partial charge in [0.15, 0.2) is 0 Å². The van der Waals surface area contributed by atoms with Gasteiger partial charge in [-0.05, 0) is 24.0 Å². The Labute approximate surface area is 193 Å². The minimum atomic E-state index is -2.95. The molecule has 5 rings (SSSR count). The summed E-state index contributed by atoms with van der Waals surface area (Å²) in [5, 5.41) is 12.1. The third-order valence-electron chi connectivity index (χ3n) is 7.00. The molecule has 0 bridgehead atoms. The molecule has 3 atom stereocenters. The number of hydrogen-bond acceptors (Lipinski definition) is 5. The molecule has 3 unspecified atom stereocenters. The summed E-state index contributed by atoms with van der Waals surface area (Å²) in [5.74, 6) is 0.0716. The molecule has 3 heterocycles. The monoisotopic (exact) mass is 465 g/mol. The predicted molar refractivity (Wildman–Crippen MR) is 127 cm³/mol. The summed E-state index contributed by atoms with van der Waals surface area (Å²) in [4.78, 5) is 16.3. The van der Waals surface area contributed by atoms with E-state index in [1.807, 2.05) is 65.4 Å². The Morgan fingerprint density at radius 3 is 2.55 bits per heavy atom. The molecule has 2 aliphatic heterocycles. The Balaban J connectivity index is 1.29. The lowest BCUT2D eigenvalue weighted by atomic mass is 9.85. The molecule has 9 heteroatoms. The Bertz CT molecular complexity index is 1250. The van der Waals surface area contributed by atoms with Crippen molar-refractivity contribution in [2.24, 2.45) is 5.92 Å². The van der Waals surface area contributed by atoms with Crippen LogP contribution in [0.5, 0.6) is 0 Å². The number of nitrogens with one attached hydrogen (secondary N) is 1. The van der Waals surface area contributed by atoms with E-state index in [4.69, 9.17) is 4.78 Å². The van der Waals surface area contributed by atoms with Crippen molar-refractivity contribution < 1.29 is 9.13 Å². The van der Waals surface area contributed by atoms with E-state index in [1.54, 1.807) is 10.6 Å². The van der Waals surface area contributed by atoms with E-state index in [9.17, 15) is 14.3 Å². The first-order chi connectivity index (χ1) is 15.9. The molecule has 0 radical (unpaired) electrons. The van der Waals surface area contributed by atoms with Crippen molar-refractivity contribution in [2.45, 2.75) is 37.1 Å². The second-order valence-electron chi connectivity index (χ2n) is 8.91. The first-order valence-electron chi connectivity index (χ1n) is 11.2. The predicted octanol–water partition coefficient (Wildman–Crippen LogP) is 4.36. The molecular formula is C24H27N5O3S. The quantitative estimate of drug-likeness (QED) is 0.413. The fourth-order valence-corrected chi connectivity index (χ4v) is 6.93. The minimum Gasteiger partial charge on any atom is -0.323 e. The van der Waals surface area contributed by atoms with Crippen LogP contribution in [0.1, 0.15) is 36.4 Å². The average molecular weight is 466 g/mol. The summed E-state index contributed by atoms with van der Waals surface area (Å²) < 4.78 is 25.3. The molecular weight excluding hydrogens is 438 g/mol. The number of fused-ring (bicyclic) bond motifs is 3. The molecule has 1 fully saturated rings. The molecule has 1 aromatic heterocycles. The van der Waals surface area contributed by atoms with Gasteiger partial charge in [-0.15, -0.1) is 0 Å². The smallest absolute Gasteiger partial charge is 0.218 e. The molecule has 0 aliphatic carbocycles. The van der Waals surface area contributed by atoms with Gasteiger partial charge in [-0.3, -0.25) is 10.1 Å². The fourth-order valence-electron chi connectivity index (χ4n) is 5.30. The molecule has 8 nitrogen and oxygen atoms in total. The molecule has 2 aliphatic rings. The van der Waals surface area contributed by atoms with Crippen LogP contribution in [0.2, 0.25) is 0 Å². The number of benzene rings is 2. The highest BCUT2D eigenvalue weighted by atomic mass is 32.2. The van der Waals surface area contributed by atoms with Crippen LogP contribution in [0.25, 0.3) is 11.3 Å². The van der Waals surface area contributed by atoms with Crippen molar-refractivity contribution in [1.82, 2.24) is 13.9 Å². The number of aromatic nitrogens is 2. The van der Waals surface area contributed by atoms with Crippen molar-refractivity contribution >= 4 is 9.92 Å². The number of piperidine rings is 1. The van der Waals surface area contributed by atoms with E-state index in [1.165, 1.54) is 0 Å². The normalized spacial score (nSPS) is 21.2. The highest BCUT2D eigenvalue weighted by Crippen LogP contribution is 2.42. The maximum Gasteiger partial charge on any atom is 0.218 e. The first kappa shape index (κ1) is 21.8. The number of nitro groups is 1. The highest BCUT2D eigenvalue weighted by Gasteiger charge is 2.40. The third-order valence-corrected chi connectivity index (χ3v) is 8.92. The van der Waals surface area contributed by atoms with Crippen LogP contribution in [-0.2, 0) is 15.7 Å². The number of imidazole rings is 1. The second kappa shape index (κ2) is 8.72. The lowest BCUT2D eigenvalue weighted by molar-refractivity contribution is -0.535. The van der Waals surface area contributed by atoms with E-state index >= 15 is 0 Å². The summed E-state index contributed by atoms with van der Waals surface area (Å²) >= 11 is 0.